The maximum atomic E-state index is 12.4. The monoisotopic (exact) mass is 226 g/mol. The van der Waals surface area contributed by atoms with Crippen molar-refractivity contribution >= 4 is 0 Å². The Morgan fingerprint density at radius 1 is 1.40 bits per heavy atom. The van der Waals surface area contributed by atoms with E-state index in [2.05, 4.69) is 14.7 Å². The lowest BCUT2D eigenvalue weighted by Gasteiger charge is -2.15. The smallest absolute Gasteiger partial charge is 0.340 e. The highest BCUT2D eigenvalue weighted by Gasteiger charge is 2.41. The van der Waals surface area contributed by atoms with Gasteiger partial charge < -0.3 is 9.84 Å². The molecule has 0 saturated heterocycles. The molecule has 0 fully saturated rings. The Balaban J connectivity index is 2.57. The van der Waals surface area contributed by atoms with E-state index in [1.165, 1.54) is 0 Å². The molecule has 0 saturated carbocycles. The molecule has 84 valence electrons. The zero-order valence-corrected chi connectivity index (χ0v) is 7.20. The molecule has 1 N–H and O–H groups in total. The Morgan fingerprint density at radius 3 is 2.60 bits per heavy atom. The maximum absolute atomic E-state index is 12.4. The molecule has 0 bridgehead atoms. The third-order valence-corrected chi connectivity index (χ3v) is 1.36. The zero-order valence-electron chi connectivity index (χ0n) is 7.20. The first-order valence-electron chi connectivity index (χ1n) is 3.71. The summed E-state index contributed by atoms with van der Waals surface area (Å²) in [6.07, 6.45) is -2.96. The van der Waals surface area contributed by atoms with Crippen molar-refractivity contribution in [3.05, 3.63) is 12.4 Å². The molecule has 0 amide bonds. The van der Waals surface area contributed by atoms with Gasteiger partial charge in [0.2, 0.25) is 11.8 Å². The van der Waals surface area contributed by atoms with Gasteiger partial charge in [-0.25, -0.2) is 18.7 Å². The summed E-state index contributed by atoms with van der Waals surface area (Å²) in [7, 11) is 0. The van der Waals surface area contributed by atoms with Gasteiger partial charge in [-0.15, -0.1) is 0 Å². The quantitative estimate of drug-likeness (QED) is 0.789. The minimum Gasteiger partial charge on any atom is -0.493 e. The fourth-order valence-electron chi connectivity index (χ4n) is 0.642. The second kappa shape index (κ2) is 4.28. The molecule has 4 nitrogen and oxygen atoms in total. The van der Waals surface area contributed by atoms with Crippen molar-refractivity contribution in [2.45, 2.75) is 12.3 Å². The molecule has 1 aromatic heterocycles. The molecule has 1 aromatic rings. The number of halogens is 4. The minimum absolute atomic E-state index is 0.400. The van der Waals surface area contributed by atoms with Gasteiger partial charge in [-0.3, -0.25) is 0 Å². The third-order valence-electron chi connectivity index (χ3n) is 1.36. The van der Waals surface area contributed by atoms with E-state index in [-0.39, 0.29) is 0 Å². The number of alkyl halides is 4. The Hall–Kier alpha value is -1.60. The lowest BCUT2D eigenvalue weighted by atomic mass is 10.4. The van der Waals surface area contributed by atoms with Crippen molar-refractivity contribution in [3.63, 3.8) is 0 Å². The van der Waals surface area contributed by atoms with Crippen LogP contribution in [0.25, 0.3) is 0 Å². The van der Waals surface area contributed by atoms with Crippen LogP contribution in [0.3, 0.4) is 0 Å². The van der Waals surface area contributed by atoms with Crippen LogP contribution < -0.4 is 4.74 Å². The van der Waals surface area contributed by atoms with Gasteiger partial charge in [-0.1, -0.05) is 0 Å². The molecule has 1 rings (SSSR count). The fraction of sp³-hybridized carbons (Fsp3) is 0.429. The average molecular weight is 226 g/mol. The summed E-state index contributed by atoms with van der Waals surface area (Å²) in [5.74, 6) is -5.15. The Bertz CT molecular complexity index is 335. The first kappa shape index (κ1) is 11.5. The van der Waals surface area contributed by atoms with Crippen LogP contribution in [-0.4, -0.2) is 34.0 Å². The molecule has 8 heteroatoms. The van der Waals surface area contributed by atoms with E-state index < -0.39 is 30.7 Å². The van der Waals surface area contributed by atoms with E-state index in [1.807, 2.05) is 0 Å². The van der Waals surface area contributed by atoms with E-state index in [0.717, 1.165) is 12.4 Å². The Morgan fingerprint density at radius 2 is 2.07 bits per heavy atom. The van der Waals surface area contributed by atoms with E-state index >= 15 is 0 Å². The largest absolute Gasteiger partial charge is 0.493 e. The lowest BCUT2D eigenvalue weighted by Crippen LogP contribution is -2.33. The van der Waals surface area contributed by atoms with E-state index in [9.17, 15) is 17.6 Å². The van der Waals surface area contributed by atoms with Gasteiger partial charge in [0.1, 0.15) is 6.33 Å². The van der Waals surface area contributed by atoms with Crippen LogP contribution in [0.2, 0.25) is 0 Å². The molecule has 0 unspecified atom stereocenters. The predicted molar refractivity (Wildman–Crippen MR) is 40.1 cm³/mol. The first-order valence-corrected chi connectivity index (χ1v) is 3.71. The molecule has 0 aliphatic heterocycles. The number of aromatic nitrogens is 2. The SMILES string of the molecule is Oc1cc(OCC(F)(F)C(F)F)ncn1. The average Bonchev–Trinajstić information content (AvgIpc) is 2.15. The first-order chi connectivity index (χ1) is 6.92. The summed E-state index contributed by atoms with van der Waals surface area (Å²) >= 11 is 0. The Kier molecular flexibility index (Phi) is 3.28. The normalized spacial score (nSPS) is 11.8. The molecule has 0 radical (unpaired) electrons. The van der Waals surface area contributed by atoms with Crippen LogP contribution in [0.15, 0.2) is 12.4 Å². The molecule has 0 aliphatic carbocycles. The van der Waals surface area contributed by atoms with E-state index in [0.29, 0.717) is 0 Å². The molecular weight excluding hydrogens is 220 g/mol. The van der Waals surface area contributed by atoms with Crippen molar-refractivity contribution < 1.29 is 27.4 Å². The van der Waals surface area contributed by atoms with Crippen molar-refractivity contribution in [1.29, 1.82) is 0 Å². The summed E-state index contributed by atoms with van der Waals surface area (Å²) in [5, 5.41) is 8.78. The summed E-state index contributed by atoms with van der Waals surface area (Å²) in [6, 6.07) is 0.835. The molecule has 0 aromatic carbocycles. The van der Waals surface area contributed by atoms with Gasteiger partial charge in [0, 0.05) is 0 Å². The van der Waals surface area contributed by atoms with Crippen molar-refractivity contribution in [1.82, 2.24) is 9.97 Å². The second-order valence-electron chi connectivity index (χ2n) is 2.56. The Labute approximate surface area is 81.5 Å². The zero-order chi connectivity index (χ0) is 11.5. The minimum atomic E-state index is -4.25. The van der Waals surface area contributed by atoms with Crippen LogP contribution >= 0.6 is 0 Å². The topological polar surface area (TPSA) is 55.2 Å². The molecule has 0 spiro atoms. The van der Waals surface area contributed by atoms with Crippen LogP contribution in [-0.2, 0) is 0 Å². The fourth-order valence-corrected chi connectivity index (χ4v) is 0.642. The van der Waals surface area contributed by atoms with Crippen molar-refractivity contribution in [2.24, 2.45) is 0 Å². The van der Waals surface area contributed by atoms with Gasteiger partial charge in [-0.05, 0) is 0 Å². The molecule has 1 heterocycles. The number of ether oxygens (including phenoxy) is 1. The van der Waals surface area contributed by atoms with Crippen LogP contribution in [0.1, 0.15) is 0 Å². The number of hydrogen-bond donors (Lipinski definition) is 1. The number of hydrogen-bond acceptors (Lipinski definition) is 4. The highest BCUT2D eigenvalue weighted by atomic mass is 19.3. The molecule has 0 atom stereocenters. The summed E-state index contributed by atoms with van der Waals surface area (Å²) in [5.41, 5.74) is 0. The summed E-state index contributed by atoms with van der Waals surface area (Å²) in [4.78, 5) is 6.58. The van der Waals surface area contributed by atoms with Gasteiger partial charge >= 0.3 is 12.3 Å². The van der Waals surface area contributed by atoms with Gasteiger partial charge in [0.25, 0.3) is 0 Å². The third kappa shape index (κ3) is 3.22. The summed E-state index contributed by atoms with van der Waals surface area (Å²) in [6.45, 7) is -1.51. The van der Waals surface area contributed by atoms with Gasteiger partial charge in [0.05, 0.1) is 6.07 Å². The number of rotatable bonds is 4. The lowest BCUT2D eigenvalue weighted by molar-refractivity contribution is -0.148. The van der Waals surface area contributed by atoms with Crippen molar-refractivity contribution in [3.8, 4) is 11.8 Å². The number of aromatic hydroxyl groups is 1. The second-order valence-corrected chi connectivity index (χ2v) is 2.56. The van der Waals surface area contributed by atoms with E-state index in [1.54, 1.807) is 0 Å². The van der Waals surface area contributed by atoms with Crippen LogP contribution in [0.4, 0.5) is 17.6 Å². The van der Waals surface area contributed by atoms with Gasteiger partial charge in [-0.2, -0.15) is 8.78 Å². The molecule has 0 aliphatic rings. The summed E-state index contributed by atoms with van der Waals surface area (Å²) < 4.78 is 52.3. The van der Waals surface area contributed by atoms with Crippen LogP contribution in [0.5, 0.6) is 11.8 Å². The number of nitrogens with zero attached hydrogens (tertiary/aromatic N) is 2. The molecular formula is C7H6F4N2O2. The highest BCUT2D eigenvalue weighted by molar-refractivity contribution is 5.16. The van der Waals surface area contributed by atoms with Gasteiger partial charge in [0.15, 0.2) is 6.61 Å². The van der Waals surface area contributed by atoms with E-state index in [4.69, 9.17) is 5.11 Å². The van der Waals surface area contributed by atoms with Crippen LogP contribution in [0, 0.1) is 0 Å². The van der Waals surface area contributed by atoms with Crippen molar-refractivity contribution in [2.75, 3.05) is 6.61 Å². The maximum Gasteiger partial charge on any atom is 0.340 e. The standard InChI is InChI=1S/C7H6F4N2O2/c8-6(9)7(10,11)2-15-5-1-4(14)12-3-13-5/h1,3,6H,2H2,(H,12,13,14). The predicted octanol–water partition coefficient (Wildman–Crippen LogP) is 1.46. The highest BCUT2D eigenvalue weighted by Crippen LogP contribution is 2.24. The molecule has 15 heavy (non-hydrogen) atoms.